The lowest BCUT2D eigenvalue weighted by Gasteiger charge is -2.40. The Morgan fingerprint density at radius 1 is 0.593 bits per heavy atom. The smallest absolute Gasteiger partial charge is 0.303 e. The fraction of sp³-hybridized carbons (Fsp3) is 0.245. The number of carbonyl (C=O) groups excluding carboxylic acids is 1. The third-order valence-corrected chi connectivity index (χ3v) is 10.3. The lowest BCUT2D eigenvalue weighted by atomic mass is 9.90. The van der Waals surface area contributed by atoms with Crippen molar-refractivity contribution in [2.75, 3.05) is 19.8 Å². The highest BCUT2D eigenvalue weighted by atomic mass is 79.9. The van der Waals surface area contributed by atoms with Crippen molar-refractivity contribution < 1.29 is 42.7 Å². The molecule has 10 heteroatoms. The predicted molar refractivity (Wildman–Crippen MR) is 228 cm³/mol. The Morgan fingerprint density at radius 2 is 1.08 bits per heavy atom. The van der Waals surface area contributed by atoms with Crippen LogP contribution in [0.4, 0.5) is 0 Å². The van der Waals surface area contributed by atoms with Gasteiger partial charge in [0.15, 0.2) is 23.7 Å². The summed E-state index contributed by atoms with van der Waals surface area (Å²) in [6.07, 6.45) is -2.67. The van der Waals surface area contributed by atoms with Gasteiger partial charge in [0.2, 0.25) is 0 Å². The van der Waals surface area contributed by atoms with Gasteiger partial charge in [0.1, 0.15) is 54.3 Å². The van der Waals surface area contributed by atoms with E-state index in [9.17, 15) is 4.79 Å². The van der Waals surface area contributed by atoms with Crippen LogP contribution in [0.2, 0.25) is 0 Å². The Hall–Kier alpha value is -5.81. The minimum Gasteiger partial charge on any atom is -0.488 e. The van der Waals surface area contributed by atoms with Crippen LogP contribution in [0.3, 0.4) is 0 Å². The second-order valence-electron chi connectivity index (χ2n) is 13.8. The zero-order valence-corrected chi connectivity index (χ0v) is 34.7. The SMILES string of the molecule is CCOCCOC1c2c(OCc3ccccc3)cc(OCc3ccccc3)c(Br)c2OC(c2ccc(OCc3ccccc3)c(OCc3ccccc3)c2)C1OC(C)=O. The molecule has 0 saturated heterocycles. The number of halogens is 1. The topological polar surface area (TPSA) is 90.9 Å². The first-order valence-electron chi connectivity index (χ1n) is 19.7. The standard InChI is InChI=1S/C49H47BrO9/c1-3-52-26-27-53-48-44-42(56-32-37-20-12-6-13-21-37)29-43(57-33-38-22-14-7-15-23-38)45(50)47(44)59-46(49(48)58-34(2)51)39-24-25-40(54-30-35-16-8-4-9-17-35)41(28-39)55-31-36-18-10-5-11-19-36/h4-25,28-29,46,48-49H,3,26-27,30-33H2,1-2H3. The number of rotatable bonds is 19. The summed E-state index contributed by atoms with van der Waals surface area (Å²) in [6.45, 7) is 5.56. The van der Waals surface area contributed by atoms with Crippen LogP contribution in [-0.2, 0) is 45.4 Å². The van der Waals surface area contributed by atoms with Crippen LogP contribution in [0.25, 0.3) is 0 Å². The number of fused-ring (bicyclic) bond motifs is 1. The second kappa shape index (κ2) is 20.7. The highest BCUT2D eigenvalue weighted by molar-refractivity contribution is 9.10. The molecule has 0 aliphatic carbocycles. The maximum absolute atomic E-state index is 13.0. The summed E-state index contributed by atoms with van der Waals surface area (Å²) in [6, 6.07) is 47.1. The van der Waals surface area contributed by atoms with Gasteiger partial charge >= 0.3 is 5.97 Å². The van der Waals surface area contributed by atoms with Crippen molar-refractivity contribution >= 4 is 21.9 Å². The molecule has 7 rings (SSSR count). The summed E-state index contributed by atoms with van der Waals surface area (Å²) in [5, 5.41) is 0. The number of hydrogen-bond acceptors (Lipinski definition) is 9. The number of hydrogen-bond donors (Lipinski definition) is 0. The summed E-state index contributed by atoms with van der Waals surface area (Å²) in [7, 11) is 0. The molecule has 1 aliphatic heterocycles. The summed E-state index contributed by atoms with van der Waals surface area (Å²) in [5.41, 5.74) is 5.21. The zero-order chi connectivity index (χ0) is 40.8. The van der Waals surface area contributed by atoms with Gasteiger partial charge in [-0.05, 0) is 57.2 Å². The molecule has 1 heterocycles. The van der Waals surface area contributed by atoms with Crippen LogP contribution in [0.15, 0.2) is 150 Å². The highest BCUT2D eigenvalue weighted by Crippen LogP contribution is 2.55. The predicted octanol–water partition coefficient (Wildman–Crippen LogP) is 10.9. The molecule has 3 unspecified atom stereocenters. The van der Waals surface area contributed by atoms with E-state index in [1.54, 1.807) is 0 Å². The number of ether oxygens (including phenoxy) is 8. The Morgan fingerprint density at radius 3 is 1.59 bits per heavy atom. The third-order valence-electron chi connectivity index (χ3n) is 9.59. The van der Waals surface area contributed by atoms with Crippen molar-refractivity contribution in [1.82, 2.24) is 0 Å². The van der Waals surface area contributed by atoms with E-state index in [1.165, 1.54) is 6.92 Å². The molecule has 0 fully saturated rings. The Balaban J connectivity index is 1.31. The van der Waals surface area contributed by atoms with Gasteiger partial charge in [-0.1, -0.05) is 127 Å². The number of benzene rings is 6. The van der Waals surface area contributed by atoms with Gasteiger partial charge in [-0.15, -0.1) is 0 Å². The van der Waals surface area contributed by atoms with Crippen molar-refractivity contribution in [2.24, 2.45) is 0 Å². The van der Waals surface area contributed by atoms with Crippen LogP contribution >= 0.6 is 15.9 Å². The Kier molecular flexibility index (Phi) is 14.5. The van der Waals surface area contributed by atoms with Crippen molar-refractivity contribution in [2.45, 2.75) is 58.6 Å². The maximum atomic E-state index is 13.0. The largest absolute Gasteiger partial charge is 0.488 e. The zero-order valence-electron chi connectivity index (χ0n) is 33.1. The highest BCUT2D eigenvalue weighted by Gasteiger charge is 2.46. The lowest BCUT2D eigenvalue weighted by Crippen LogP contribution is -2.40. The van der Waals surface area contributed by atoms with E-state index in [0.717, 1.165) is 22.3 Å². The van der Waals surface area contributed by atoms with Gasteiger partial charge in [0, 0.05) is 25.2 Å². The molecule has 0 aromatic heterocycles. The van der Waals surface area contributed by atoms with E-state index >= 15 is 0 Å². The molecule has 0 saturated carbocycles. The molecular formula is C49H47BrO9. The van der Waals surface area contributed by atoms with Gasteiger partial charge in [-0.25, -0.2) is 0 Å². The van der Waals surface area contributed by atoms with Crippen molar-refractivity contribution in [3.63, 3.8) is 0 Å². The average Bonchev–Trinajstić information content (AvgIpc) is 3.27. The van der Waals surface area contributed by atoms with Gasteiger partial charge in [0.25, 0.3) is 0 Å². The molecule has 6 aromatic rings. The summed E-state index contributed by atoms with van der Waals surface area (Å²) in [5.74, 6) is 1.95. The quantitative estimate of drug-likeness (QED) is 0.0583. The van der Waals surface area contributed by atoms with Crippen molar-refractivity contribution in [3.8, 4) is 28.7 Å². The van der Waals surface area contributed by atoms with Crippen LogP contribution in [0.5, 0.6) is 28.7 Å². The molecule has 6 aromatic carbocycles. The molecule has 9 nitrogen and oxygen atoms in total. The molecule has 0 bridgehead atoms. The fourth-order valence-corrected chi connectivity index (χ4v) is 7.27. The monoisotopic (exact) mass is 858 g/mol. The van der Waals surface area contributed by atoms with Crippen LogP contribution in [0, 0.1) is 0 Å². The molecule has 0 spiro atoms. The molecule has 0 amide bonds. The van der Waals surface area contributed by atoms with E-state index in [1.807, 2.05) is 153 Å². The molecular weight excluding hydrogens is 812 g/mol. The Bertz CT molecular complexity index is 2240. The van der Waals surface area contributed by atoms with Gasteiger partial charge < -0.3 is 37.9 Å². The van der Waals surface area contributed by atoms with Gasteiger partial charge in [0.05, 0.1) is 18.8 Å². The normalized spacial score (nSPS) is 15.7. The number of carbonyl (C=O) groups is 1. The third kappa shape index (κ3) is 11.0. The first-order valence-corrected chi connectivity index (χ1v) is 20.5. The maximum Gasteiger partial charge on any atom is 0.303 e. The van der Waals surface area contributed by atoms with Crippen molar-refractivity contribution in [3.05, 3.63) is 183 Å². The lowest BCUT2D eigenvalue weighted by molar-refractivity contribution is -0.171. The molecule has 304 valence electrons. The van der Waals surface area contributed by atoms with E-state index in [-0.39, 0.29) is 13.2 Å². The van der Waals surface area contributed by atoms with E-state index in [0.29, 0.717) is 77.4 Å². The first kappa shape index (κ1) is 41.4. The number of esters is 1. The summed E-state index contributed by atoms with van der Waals surface area (Å²) < 4.78 is 51.9. The molecule has 1 aliphatic rings. The molecule has 59 heavy (non-hydrogen) atoms. The van der Waals surface area contributed by atoms with Crippen LogP contribution in [0.1, 0.15) is 59.4 Å². The molecule has 3 atom stereocenters. The van der Waals surface area contributed by atoms with E-state index in [4.69, 9.17) is 37.9 Å². The first-order chi connectivity index (χ1) is 29.0. The minimum atomic E-state index is -0.957. The summed E-state index contributed by atoms with van der Waals surface area (Å²) >= 11 is 3.84. The van der Waals surface area contributed by atoms with Gasteiger partial charge in [-0.2, -0.15) is 0 Å². The fourth-order valence-electron chi connectivity index (χ4n) is 6.73. The van der Waals surface area contributed by atoms with Gasteiger partial charge in [-0.3, -0.25) is 4.79 Å². The van der Waals surface area contributed by atoms with Crippen LogP contribution in [-0.4, -0.2) is 31.9 Å². The Labute approximate surface area is 353 Å². The second-order valence-corrected chi connectivity index (χ2v) is 14.6. The average molecular weight is 860 g/mol. The van der Waals surface area contributed by atoms with E-state index < -0.39 is 24.3 Å². The van der Waals surface area contributed by atoms with E-state index in [2.05, 4.69) is 15.9 Å². The molecule has 0 radical (unpaired) electrons. The minimum absolute atomic E-state index is 0.210. The molecule has 0 N–H and O–H groups in total. The summed E-state index contributed by atoms with van der Waals surface area (Å²) in [4.78, 5) is 13.0. The van der Waals surface area contributed by atoms with Crippen molar-refractivity contribution in [1.29, 1.82) is 0 Å². The van der Waals surface area contributed by atoms with Crippen LogP contribution < -0.4 is 23.7 Å².